The summed E-state index contributed by atoms with van der Waals surface area (Å²) in [6, 6.07) is 14.2. The monoisotopic (exact) mass is 369 g/mol. The number of nitrogens with zero attached hydrogens (tertiary/aromatic N) is 3. The largest absolute Gasteiger partial charge is 0.333 e. The summed E-state index contributed by atoms with van der Waals surface area (Å²) in [5.74, 6) is 0. The number of aromatic nitrogens is 2. The van der Waals surface area contributed by atoms with Crippen molar-refractivity contribution in [3.63, 3.8) is 0 Å². The number of likely N-dealkylation sites (N-methyl/N-ethyl adjacent to an activating group) is 1. The Kier molecular flexibility index (Phi) is 5.54. The van der Waals surface area contributed by atoms with Crippen LogP contribution in [0.4, 0.5) is 0 Å². The van der Waals surface area contributed by atoms with Gasteiger partial charge < -0.3 is 9.47 Å². The van der Waals surface area contributed by atoms with Crippen LogP contribution in [0.25, 0.3) is 0 Å². The molecule has 0 unspecified atom stereocenters. The van der Waals surface area contributed by atoms with Gasteiger partial charge in [-0.2, -0.15) is 0 Å². The van der Waals surface area contributed by atoms with E-state index in [-0.39, 0.29) is 0 Å². The van der Waals surface area contributed by atoms with Crippen molar-refractivity contribution in [2.24, 2.45) is 0 Å². The van der Waals surface area contributed by atoms with Gasteiger partial charge in [0.1, 0.15) is 0 Å². The lowest BCUT2D eigenvalue weighted by Crippen LogP contribution is -2.15. The predicted molar refractivity (Wildman–Crippen MR) is 102 cm³/mol. The highest BCUT2D eigenvalue weighted by Crippen LogP contribution is 2.22. The second kappa shape index (κ2) is 7.85. The van der Waals surface area contributed by atoms with Gasteiger partial charge in [-0.1, -0.05) is 24.3 Å². The lowest BCUT2D eigenvalue weighted by atomic mass is 10.1. The molecule has 2 aromatic carbocycles. The fourth-order valence-corrected chi connectivity index (χ4v) is 3.95. The van der Waals surface area contributed by atoms with Gasteiger partial charge in [0.15, 0.2) is 0 Å². The molecule has 0 amide bonds. The summed E-state index contributed by atoms with van der Waals surface area (Å²) in [4.78, 5) is 6.76. The Bertz CT molecular complexity index is 930. The van der Waals surface area contributed by atoms with Gasteiger partial charge in [-0.15, -0.1) is 0 Å². The molecule has 0 aliphatic carbocycles. The van der Waals surface area contributed by atoms with Crippen molar-refractivity contribution >= 4 is 9.84 Å². The van der Waals surface area contributed by atoms with E-state index in [1.807, 2.05) is 49.1 Å². The highest BCUT2D eigenvalue weighted by molar-refractivity contribution is 7.91. The first-order chi connectivity index (χ1) is 12.4. The first-order valence-corrected chi connectivity index (χ1v) is 9.97. The highest BCUT2D eigenvalue weighted by atomic mass is 32.2. The van der Waals surface area contributed by atoms with E-state index in [1.165, 1.54) is 0 Å². The van der Waals surface area contributed by atoms with Crippen molar-refractivity contribution in [1.82, 2.24) is 14.5 Å². The molecule has 1 heterocycles. The van der Waals surface area contributed by atoms with Gasteiger partial charge in [-0.3, -0.25) is 0 Å². The summed E-state index contributed by atoms with van der Waals surface area (Å²) < 4.78 is 27.6. The third-order valence-corrected chi connectivity index (χ3v) is 6.02. The van der Waals surface area contributed by atoms with Crippen molar-refractivity contribution in [1.29, 1.82) is 0 Å². The van der Waals surface area contributed by atoms with E-state index >= 15 is 0 Å². The van der Waals surface area contributed by atoms with Crippen LogP contribution in [0.3, 0.4) is 0 Å². The van der Waals surface area contributed by atoms with E-state index in [2.05, 4.69) is 9.88 Å². The van der Waals surface area contributed by atoms with Gasteiger partial charge in [0.05, 0.1) is 16.1 Å². The zero-order valence-corrected chi connectivity index (χ0v) is 15.9. The molecule has 3 rings (SSSR count). The number of sulfone groups is 1. The molecule has 0 N–H and O–H groups in total. The number of rotatable bonds is 7. The lowest BCUT2D eigenvalue weighted by molar-refractivity contribution is 0.413. The third-order valence-electron chi connectivity index (χ3n) is 4.24. The molecule has 0 spiro atoms. The molecule has 0 saturated carbocycles. The molecule has 0 fully saturated rings. The van der Waals surface area contributed by atoms with Crippen molar-refractivity contribution in [3.8, 4) is 0 Å². The molecule has 0 radical (unpaired) electrons. The lowest BCUT2D eigenvalue weighted by Gasteiger charge is -2.10. The molecule has 26 heavy (non-hydrogen) atoms. The summed E-state index contributed by atoms with van der Waals surface area (Å²) in [5, 5.41) is 0. The number of benzene rings is 2. The maximum atomic E-state index is 12.8. The SMILES string of the molecule is CN(C)CCc1ccc(S(=O)(=O)c2ccc(Cn3ccnc3)cc2)cc1. The molecule has 1 aromatic heterocycles. The minimum absolute atomic E-state index is 0.313. The van der Waals surface area contributed by atoms with Gasteiger partial charge in [0, 0.05) is 25.5 Å². The number of hydrogen-bond acceptors (Lipinski definition) is 4. The second-order valence-corrected chi connectivity index (χ2v) is 8.53. The minimum Gasteiger partial charge on any atom is -0.333 e. The standard InChI is InChI=1S/C20H23N3O2S/c1-22(2)13-11-17-3-7-19(8-4-17)26(24,25)20-9-5-18(6-10-20)15-23-14-12-21-16-23/h3-10,12,14,16H,11,13,15H2,1-2H3. The molecule has 0 aliphatic heterocycles. The predicted octanol–water partition coefficient (Wildman–Crippen LogP) is 2.87. The maximum Gasteiger partial charge on any atom is 0.206 e. The first kappa shape index (κ1) is 18.4. The summed E-state index contributed by atoms with van der Waals surface area (Å²) in [7, 11) is 0.551. The molecule has 0 aliphatic rings. The third kappa shape index (κ3) is 4.39. The molecule has 0 atom stereocenters. The minimum atomic E-state index is -3.50. The van der Waals surface area contributed by atoms with Crippen LogP contribution in [0, 0.1) is 0 Å². The van der Waals surface area contributed by atoms with Crippen LogP contribution in [0.2, 0.25) is 0 Å². The zero-order chi connectivity index (χ0) is 18.6. The van der Waals surface area contributed by atoms with Gasteiger partial charge in [-0.05, 0) is 55.9 Å². The molecule has 3 aromatic rings. The van der Waals surface area contributed by atoms with E-state index in [4.69, 9.17) is 0 Å². The first-order valence-electron chi connectivity index (χ1n) is 8.48. The van der Waals surface area contributed by atoms with Crippen molar-refractivity contribution < 1.29 is 8.42 Å². The van der Waals surface area contributed by atoms with Crippen LogP contribution in [0.1, 0.15) is 11.1 Å². The fraction of sp³-hybridized carbons (Fsp3) is 0.250. The Morgan fingerprint density at radius 2 is 1.50 bits per heavy atom. The Morgan fingerprint density at radius 1 is 0.923 bits per heavy atom. The van der Waals surface area contributed by atoms with Gasteiger partial charge in [0.25, 0.3) is 0 Å². The van der Waals surface area contributed by atoms with E-state index in [0.717, 1.165) is 24.1 Å². The molecular weight excluding hydrogens is 346 g/mol. The Hall–Kier alpha value is -2.44. The van der Waals surface area contributed by atoms with Crippen LogP contribution in [0.5, 0.6) is 0 Å². The van der Waals surface area contributed by atoms with Crippen LogP contribution >= 0.6 is 0 Å². The van der Waals surface area contributed by atoms with E-state index in [1.54, 1.807) is 36.8 Å². The molecule has 136 valence electrons. The maximum absolute atomic E-state index is 12.8. The van der Waals surface area contributed by atoms with Crippen LogP contribution < -0.4 is 0 Å². The Morgan fingerprint density at radius 3 is 2.00 bits per heavy atom. The number of imidazole rings is 1. The van der Waals surface area contributed by atoms with Crippen molar-refractivity contribution in [2.75, 3.05) is 20.6 Å². The van der Waals surface area contributed by atoms with E-state index < -0.39 is 9.84 Å². The summed E-state index contributed by atoms with van der Waals surface area (Å²) in [6.07, 6.45) is 6.24. The summed E-state index contributed by atoms with van der Waals surface area (Å²) in [5.41, 5.74) is 2.16. The molecule has 5 nitrogen and oxygen atoms in total. The zero-order valence-electron chi connectivity index (χ0n) is 15.0. The Balaban J connectivity index is 1.74. The van der Waals surface area contributed by atoms with Gasteiger partial charge in [0.2, 0.25) is 9.84 Å². The average Bonchev–Trinajstić information content (AvgIpc) is 3.14. The van der Waals surface area contributed by atoms with Crippen LogP contribution in [-0.2, 0) is 22.8 Å². The van der Waals surface area contributed by atoms with E-state index in [9.17, 15) is 8.42 Å². The van der Waals surface area contributed by atoms with Crippen LogP contribution in [-0.4, -0.2) is 43.5 Å². The van der Waals surface area contributed by atoms with Gasteiger partial charge >= 0.3 is 0 Å². The quantitative estimate of drug-likeness (QED) is 0.643. The molecular formula is C20H23N3O2S. The Labute approximate surface area is 154 Å². The fourth-order valence-electron chi connectivity index (χ4n) is 2.69. The van der Waals surface area contributed by atoms with Crippen LogP contribution in [0.15, 0.2) is 77.0 Å². The highest BCUT2D eigenvalue weighted by Gasteiger charge is 2.17. The smallest absolute Gasteiger partial charge is 0.206 e. The topological polar surface area (TPSA) is 55.2 Å². The normalized spacial score (nSPS) is 11.8. The van der Waals surface area contributed by atoms with E-state index in [0.29, 0.717) is 16.3 Å². The number of hydrogen-bond donors (Lipinski definition) is 0. The average molecular weight is 369 g/mol. The molecule has 0 bridgehead atoms. The summed E-state index contributed by atoms with van der Waals surface area (Å²) >= 11 is 0. The molecule has 0 saturated heterocycles. The second-order valence-electron chi connectivity index (χ2n) is 6.58. The van der Waals surface area contributed by atoms with Crippen molar-refractivity contribution in [2.45, 2.75) is 22.8 Å². The van der Waals surface area contributed by atoms with Gasteiger partial charge in [-0.25, -0.2) is 13.4 Å². The summed E-state index contributed by atoms with van der Waals surface area (Å²) in [6.45, 7) is 1.60. The molecule has 6 heteroatoms. The van der Waals surface area contributed by atoms with Crippen molar-refractivity contribution in [3.05, 3.63) is 78.4 Å².